The van der Waals surface area contributed by atoms with E-state index in [0.717, 1.165) is 16.9 Å². The highest BCUT2D eigenvalue weighted by Gasteiger charge is 2.38. The summed E-state index contributed by atoms with van der Waals surface area (Å²) in [5.74, 6) is -5.43. The van der Waals surface area contributed by atoms with Crippen LogP contribution >= 0.6 is 11.3 Å². The van der Waals surface area contributed by atoms with Gasteiger partial charge in [0.05, 0.1) is 12.2 Å². The Morgan fingerprint density at radius 1 is 1.02 bits per heavy atom. The molecule has 6 N–H and O–H groups in total. The Labute approximate surface area is 252 Å². The number of carboxylic acid groups (broad SMARTS) is 2. The average Bonchev–Trinajstić information content (AvgIpc) is 3.32. The Bertz CT molecular complexity index is 1540. The third kappa shape index (κ3) is 10.9. The third-order valence-electron chi connectivity index (χ3n) is 5.20. The van der Waals surface area contributed by atoms with E-state index in [1.165, 1.54) is 4.90 Å². The zero-order valence-corrected chi connectivity index (χ0v) is 24.1. The van der Waals surface area contributed by atoms with Gasteiger partial charge in [-0.2, -0.15) is 18.4 Å². The number of thiophene rings is 1. The van der Waals surface area contributed by atoms with Gasteiger partial charge in [0.2, 0.25) is 0 Å². The summed E-state index contributed by atoms with van der Waals surface area (Å²) in [6.07, 6.45) is -5.08. The Kier molecular flexibility index (Phi) is 14.2. The first-order valence-electron chi connectivity index (χ1n) is 12.3. The van der Waals surface area contributed by atoms with Crippen molar-refractivity contribution in [2.45, 2.75) is 26.6 Å². The van der Waals surface area contributed by atoms with Crippen molar-refractivity contribution < 1.29 is 52.1 Å². The SMILES string of the molecule is CCOC(=O)c1sc(C(N)=O)c(C#N)c1C.NCc1cccc(C(=O)N(CC(=O)O)c2ccccc2)c1.O=C(O)C(F)(F)F. The molecule has 3 aromatic rings. The Morgan fingerprint density at radius 2 is 1.61 bits per heavy atom. The highest BCUT2D eigenvalue weighted by atomic mass is 32.1. The predicted octanol–water partition coefficient (Wildman–Crippen LogP) is 3.71. The molecule has 1 aromatic heterocycles. The highest BCUT2D eigenvalue weighted by molar-refractivity contribution is 7.16. The van der Waals surface area contributed by atoms with Gasteiger partial charge in [-0.15, -0.1) is 11.3 Å². The molecule has 16 heteroatoms. The van der Waals surface area contributed by atoms with Crippen LogP contribution in [0, 0.1) is 18.3 Å². The molecule has 0 aliphatic rings. The monoisotopic (exact) mass is 636 g/mol. The first-order chi connectivity index (χ1) is 20.6. The number of anilines is 1. The van der Waals surface area contributed by atoms with Crippen molar-refractivity contribution in [1.29, 1.82) is 5.26 Å². The molecule has 0 aliphatic heterocycles. The number of nitrogens with zero attached hydrogens (tertiary/aromatic N) is 2. The summed E-state index contributed by atoms with van der Waals surface area (Å²) < 4.78 is 36.5. The van der Waals surface area contributed by atoms with Crippen molar-refractivity contribution >= 4 is 46.7 Å². The zero-order valence-electron chi connectivity index (χ0n) is 23.3. The third-order valence-corrected chi connectivity index (χ3v) is 6.49. The molecule has 0 fully saturated rings. The van der Waals surface area contributed by atoms with E-state index in [9.17, 15) is 32.3 Å². The summed E-state index contributed by atoms with van der Waals surface area (Å²) in [5, 5.41) is 25.0. The fraction of sp³-hybridized carbons (Fsp3) is 0.214. The number of ether oxygens (including phenoxy) is 1. The molecule has 44 heavy (non-hydrogen) atoms. The number of halogens is 3. The van der Waals surface area contributed by atoms with E-state index in [1.807, 2.05) is 18.2 Å². The van der Waals surface area contributed by atoms with Gasteiger partial charge in [-0.3, -0.25) is 19.3 Å². The van der Waals surface area contributed by atoms with E-state index in [2.05, 4.69) is 0 Å². The first kappa shape index (κ1) is 36.8. The number of benzene rings is 2. The summed E-state index contributed by atoms with van der Waals surface area (Å²) in [4.78, 5) is 56.6. The van der Waals surface area contributed by atoms with Crippen molar-refractivity contribution in [2.24, 2.45) is 11.5 Å². The summed E-state index contributed by atoms with van der Waals surface area (Å²) >= 11 is 0.895. The second-order valence-corrected chi connectivity index (χ2v) is 9.31. The Hall–Kier alpha value is -5.27. The van der Waals surface area contributed by atoms with Crippen molar-refractivity contribution in [1.82, 2.24) is 0 Å². The first-order valence-corrected chi connectivity index (χ1v) is 13.1. The number of nitriles is 1. The van der Waals surface area contributed by atoms with Crippen LogP contribution < -0.4 is 16.4 Å². The van der Waals surface area contributed by atoms with Gasteiger partial charge in [0.1, 0.15) is 22.4 Å². The molecule has 0 radical (unpaired) electrons. The fourth-order valence-corrected chi connectivity index (χ4v) is 4.23. The number of hydrogen-bond acceptors (Lipinski definition) is 9. The molecule has 2 aromatic carbocycles. The van der Waals surface area contributed by atoms with Gasteiger partial charge in [-0.25, -0.2) is 9.59 Å². The second kappa shape index (κ2) is 17.0. The molecule has 12 nitrogen and oxygen atoms in total. The van der Waals surface area contributed by atoms with Gasteiger partial charge in [-0.1, -0.05) is 30.3 Å². The molecular weight excluding hydrogens is 609 g/mol. The van der Waals surface area contributed by atoms with Crippen LogP contribution in [-0.4, -0.2) is 59.3 Å². The van der Waals surface area contributed by atoms with E-state index < -0.39 is 36.5 Å². The minimum Gasteiger partial charge on any atom is -0.480 e. The number of aliphatic carboxylic acids is 2. The standard InChI is InChI=1S/C16H16N2O3.C10H10N2O3S.C2HF3O2/c17-10-12-5-4-6-13(9-12)16(21)18(11-15(19)20)14-7-2-1-3-8-14;1-3-15-10(14)7-5(2)6(4-11)8(16-7)9(12)13;3-2(4,5)1(6)7/h1-9H,10-11,17H2,(H,19,20);3H2,1-2H3,(H2,12,13);(H,6,7). The Balaban J connectivity index is 0.000000372. The number of carbonyl (C=O) groups is 5. The van der Waals surface area contributed by atoms with Crippen molar-refractivity contribution in [3.8, 4) is 6.07 Å². The Morgan fingerprint density at radius 3 is 2.05 bits per heavy atom. The van der Waals surface area contributed by atoms with Gasteiger partial charge >= 0.3 is 24.1 Å². The number of hydrogen-bond donors (Lipinski definition) is 4. The summed E-state index contributed by atoms with van der Waals surface area (Å²) in [5.41, 5.74) is 13.1. The van der Waals surface area contributed by atoms with Crippen LogP contribution in [-0.2, 0) is 20.9 Å². The minimum absolute atomic E-state index is 0.100. The molecule has 234 valence electrons. The van der Waals surface area contributed by atoms with Gasteiger partial charge < -0.3 is 26.4 Å². The summed E-state index contributed by atoms with van der Waals surface area (Å²) in [6.45, 7) is 3.44. The molecule has 0 spiro atoms. The number of primary amides is 1. The molecule has 3 rings (SSSR count). The zero-order chi connectivity index (χ0) is 33.6. The van der Waals surface area contributed by atoms with Gasteiger partial charge in [0.25, 0.3) is 11.8 Å². The summed E-state index contributed by atoms with van der Waals surface area (Å²) in [6, 6.07) is 17.5. The average molecular weight is 637 g/mol. The van der Waals surface area contributed by atoms with Crippen LogP contribution in [0.5, 0.6) is 0 Å². The van der Waals surface area contributed by atoms with Crippen LogP contribution in [0.15, 0.2) is 54.6 Å². The number of alkyl halides is 3. The molecule has 0 atom stereocenters. The maximum Gasteiger partial charge on any atom is 0.490 e. The number of para-hydroxylation sites is 1. The highest BCUT2D eigenvalue weighted by Crippen LogP contribution is 2.28. The quantitative estimate of drug-likeness (QED) is 0.263. The number of esters is 1. The van der Waals surface area contributed by atoms with Crippen LogP contribution in [0.25, 0.3) is 0 Å². The van der Waals surface area contributed by atoms with Crippen molar-refractivity contribution in [3.63, 3.8) is 0 Å². The van der Waals surface area contributed by atoms with E-state index in [-0.39, 0.29) is 27.8 Å². The molecular formula is C28H27F3N4O8S. The summed E-state index contributed by atoms with van der Waals surface area (Å²) in [7, 11) is 0. The molecule has 1 heterocycles. The molecule has 2 amide bonds. The molecule has 0 unspecified atom stereocenters. The maximum absolute atomic E-state index is 12.6. The van der Waals surface area contributed by atoms with Crippen LogP contribution in [0.3, 0.4) is 0 Å². The molecule has 0 saturated carbocycles. The number of carboxylic acids is 2. The van der Waals surface area contributed by atoms with Gasteiger partial charge in [0, 0.05) is 17.8 Å². The smallest absolute Gasteiger partial charge is 0.480 e. The lowest BCUT2D eigenvalue weighted by molar-refractivity contribution is -0.192. The topological polar surface area (TPSA) is 214 Å². The van der Waals surface area contributed by atoms with Crippen LogP contribution in [0.1, 0.15) is 53.3 Å². The van der Waals surface area contributed by atoms with Gasteiger partial charge in [0.15, 0.2) is 0 Å². The van der Waals surface area contributed by atoms with Crippen LogP contribution in [0.2, 0.25) is 0 Å². The number of rotatable bonds is 8. The van der Waals surface area contributed by atoms with Crippen molar-refractivity contribution in [2.75, 3.05) is 18.1 Å². The predicted molar refractivity (Wildman–Crippen MR) is 152 cm³/mol. The van der Waals surface area contributed by atoms with Gasteiger partial charge in [-0.05, 0) is 49.2 Å². The maximum atomic E-state index is 12.6. The van der Waals surface area contributed by atoms with E-state index in [0.29, 0.717) is 23.4 Å². The fourth-order valence-electron chi connectivity index (χ4n) is 3.22. The molecule has 0 saturated heterocycles. The second-order valence-electron chi connectivity index (χ2n) is 8.28. The normalized spacial score (nSPS) is 10.1. The van der Waals surface area contributed by atoms with E-state index >= 15 is 0 Å². The van der Waals surface area contributed by atoms with Crippen molar-refractivity contribution in [3.05, 3.63) is 86.6 Å². The minimum atomic E-state index is -5.08. The largest absolute Gasteiger partial charge is 0.490 e. The van der Waals surface area contributed by atoms with Crippen LogP contribution in [0.4, 0.5) is 18.9 Å². The lowest BCUT2D eigenvalue weighted by Gasteiger charge is -2.21. The lowest BCUT2D eigenvalue weighted by Crippen LogP contribution is -2.35. The number of amides is 2. The number of nitrogens with two attached hydrogens (primary N) is 2. The van der Waals surface area contributed by atoms with E-state index in [4.69, 9.17) is 36.5 Å². The van der Waals surface area contributed by atoms with E-state index in [1.54, 1.807) is 56.3 Å². The molecule has 0 bridgehead atoms. The lowest BCUT2D eigenvalue weighted by atomic mass is 10.1. The number of carbonyl (C=O) groups excluding carboxylic acids is 3. The molecule has 0 aliphatic carbocycles.